The van der Waals surface area contributed by atoms with E-state index >= 15 is 0 Å². The Morgan fingerprint density at radius 1 is 1.20 bits per heavy atom. The number of aliphatic hydroxyl groups is 1. The molecule has 0 atom stereocenters. The molecule has 1 aromatic carbocycles. The molecule has 1 rings (SSSR count). The van der Waals surface area contributed by atoms with E-state index in [1.54, 1.807) is 0 Å². The molecule has 0 saturated carbocycles. The number of ether oxygens (including phenoxy) is 1. The van der Waals surface area contributed by atoms with Crippen LogP contribution in [-0.2, 0) is 6.42 Å². The van der Waals surface area contributed by atoms with Gasteiger partial charge in [-0.2, -0.15) is 0 Å². The molecule has 0 radical (unpaired) electrons. The van der Waals surface area contributed by atoms with E-state index < -0.39 is 0 Å². The molecule has 1 aromatic rings. The minimum atomic E-state index is -0.177. The monoisotopic (exact) mass is 208 g/mol. The highest BCUT2D eigenvalue weighted by Crippen LogP contribution is 2.18. The number of hydrogen-bond donors (Lipinski definition) is 1. The molecule has 15 heavy (non-hydrogen) atoms. The molecule has 0 aliphatic rings. The predicted octanol–water partition coefficient (Wildman–Crippen LogP) is 2.65. The standard InChI is InChI=1S/C13H20O2/c1-4-11-5-7-12(8-6-11)15-10-13(2,3)9-14/h5-8,14H,4,9-10H2,1-3H3. The van der Waals surface area contributed by atoms with Gasteiger partial charge in [0.15, 0.2) is 0 Å². The zero-order valence-corrected chi connectivity index (χ0v) is 9.79. The van der Waals surface area contributed by atoms with Gasteiger partial charge in [-0.25, -0.2) is 0 Å². The topological polar surface area (TPSA) is 29.5 Å². The van der Waals surface area contributed by atoms with Crippen LogP contribution in [0, 0.1) is 5.41 Å². The molecule has 0 aromatic heterocycles. The van der Waals surface area contributed by atoms with Crippen LogP contribution in [0.4, 0.5) is 0 Å². The molecule has 1 N–H and O–H groups in total. The van der Waals surface area contributed by atoms with Crippen molar-refractivity contribution in [1.29, 1.82) is 0 Å². The highest BCUT2D eigenvalue weighted by Gasteiger charge is 2.17. The lowest BCUT2D eigenvalue weighted by Crippen LogP contribution is -2.25. The van der Waals surface area contributed by atoms with Crippen molar-refractivity contribution in [3.8, 4) is 5.75 Å². The molecule has 0 aliphatic heterocycles. The molecule has 0 saturated heterocycles. The van der Waals surface area contributed by atoms with Crippen LogP contribution in [0.5, 0.6) is 5.75 Å². The van der Waals surface area contributed by atoms with Gasteiger partial charge in [0, 0.05) is 5.41 Å². The molecule has 0 amide bonds. The lowest BCUT2D eigenvalue weighted by Gasteiger charge is -2.21. The lowest BCUT2D eigenvalue weighted by molar-refractivity contribution is 0.0975. The molecule has 2 nitrogen and oxygen atoms in total. The SMILES string of the molecule is CCc1ccc(OCC(C)(C)CO)cc1. The first-order valence-corrected chi connectivity index (χ1v) is 5.40. The zero-order valence-electron chi connectivity index (χ0n) is 9.79. The number of aryl methyl sites for hydroxylation is 1. The Morgan fingerprint density at radius 2 is 1.80 bits per heavy atom. The minimum absolute atomic E-state index is 0.139. The molecule has 2 heteroatoms. The average Bonchev–Trinajstić information content (AvgIpc) is 2.27. The fraction of sp³-hybridized carbons (Fsp3) is 0.538. The van der Waals surface area contributed by atoms with Gasteiger partial charge in [0.05, 0.1) is 13.2 Å². The summed E-state index contributed by atoms with van der Waals surface area (Å²) in [7, 11) is 0. The van der Waals surface area contributed by atoms with E-state index in [-0.39, 0.29) is 12.0 Å². The Hall–Kier alpha value is -1.02. The van der Waals surface area contributed by atoms with Crippen molar-refractivity contribution >= 4 is 0 Å². The van der Waals surface area contributed by atoms with Gasteiger partial charge < -0.3 is 9.84 Å². The minimum Gasteiger partial charge on any atom is -0.493 e. The van der Waals surface area contributed by atoms with Gasteiger partial charge >= 0.3 is 0 Å². The fourth-order valence-corrected chi connectivity index (χ4v) is 1.15. The predicted molar refractivity (Wildman–Crippen MR) is 62.2 cm³/mol. The second-order valence-corrected chi connectivity index (χ2v) is 4.61. The Labute approximate surface area is 91.9 Å². The highest BCUT2D eigenvalue weighted by atomic mass is 16.5. The maximum absolute atomic E-state index is 9.07. The van der Waals surface area contributed by atoms with Crippen LogP contribution in [0.15, 0.2) is 24.3 Å². The van der Waals surface area contributed by atoms with Crippen LogP contribution in [0.3, 0.4) is 0 Å². The normalized spacial score (nSPS) is 11.5. The van der Waals surface area contributed by atoms with Gasteiger partial charge in [0.1, 0.15) is 5.75 Å². The average molecular weight is 208 g/mol. The van der Waals surface area contributed by atoms with Crippen LogP contribution >= 0.6 is 0 Å². The third kappa shape index (κ3) is 3.92. The maximum Gasteiger partial charge on any atom is 0.119 e. The number of aliphatic hydroxyl groups excluding tert-OH is 1. The zero-order chi connectivity index (χ0) is 11.3. The summed E-state index contributed by atoms with van der Waals surface area (Å²) < 4.78 is 5.60. The Bertz CT molecular complexity index is 288. The summed E-state index contributed by atoms with van der Waals surface area (Å²) in [5.74, 6) is 0.869. The lowest BCUT2D eigenvalue weighted by atomic mass is 9.96. The number of benzene rings is 1. The largest absolute Gasteiger partial charge is 0.493 e. The van der Waals surface area contributed by atoms with Gasteiger partial charge in [-0.15, -0.1) is 0 Å². The third-order valence-corrected chi connectivity index (χ3v) is 2.39. The first-order chi connectivity index (χ1) is 7.07. The first kappa shape index (κ1) is 12.1. The highest BCUT2D eigenvalue weighted by molar-refractivity contribution is 5.27. The van der Waals surface area contributed by atoms with E-state index in [1.807, 2.05) is 26.0 Å². The quantitative estimate of drug-likeness (QED) is 0.806. The second kappa shape index (κ2) is 5.17. The van der Waals surface area contributed by atoms with E-state index in [2.05, 4.69) is 19.1 Å². The molecule has 0 bridgehead atoms. The Morgan fingerprint density at radius 3 is 2.27 bits per heavy atom. The third-order valence-electron chi connectivity index (χ3n) is 2.39. The molecular formula is C13H20O2. The summed E-state index contributed by atoms with van der Waals surface area (Å²) in [5.41, 5.74) is 1.13. The number of rotatable bonds is 5. The Kier molecular flexibility index (Phi) is 4.15. The molecule has 0 fully saturated rings. The molecule has 0 heterocycles. The summed E-state index contributed by atoms with van der Waals surface area (Å²) in [6, 6.07) is 8.10. The molecule has 0 unspecified atom stereocenters. The van der Waals surface area contributed by atoms with Crippen LogP contribution in [0.25, 0.3) is 0 Å². The van der Waals surface area contributed by atoms with E-state index in [9.17, 15) is 0 Å². The molecule has 0 aliphatic carbocycles. The van der Waals surface area contributed by atoms with Crippen LogP contribution in [0.1, 0.15) is 26.3 Å². The van der Waals surface area contributed by atoms with Crippen molar-refractivity contribution in [2.75, 3.05) is 13.2 Å². The Balaban J connectivity index is 2.51. The first-order valence-electron chi connectivity index (χ1n) is 5.40. The molecule has 0 spiro atoms. The van der Waals surface area contributed by atoms with Gasteiger partial charge in [0.25, 0.3) is 0 Å². The summed E-state index contributed by atoms with van der Waals surface area (Å²) >= 11 is 0. The summed E-state index contributed by atoms with van der Waals surface area (Å²) in [6.07, 6.45) is 1.04. The van der Waals surface area contributed by atoms with Crippen molar-refractivity contribution in [1.82, 2.24) is 0 Å². The van der Waals surface area contributed by atoms with E-state index in [1.165, 1.54) is 5.56 Å². The van der Waals surface area contributed by atoms with Crippen molar-refractivity contribution in [2.24, 2.45) is 5.41 Å². The van der Waals surface area contributed by atoms with E-state index in [0.717, 1.165) is 12.2 Å². The van der Waals surface area contributed by atoms with Crippen LogP contribution in [0.2, 0.25) is 0 Å². The van der Waals surface area contributed by atoms with Crippen LogP contribution in [-0.4, -0.2) is 18.3 Å². The van der Waals surface area contributed by atoms with E-state index in [4.69, 9.17) is 9.84 Å². The number of hydrogen-bond acceptors (Lipinski definition) is 2. The van der Waals surface area contributed by atoms with Gasteiger partial charge in [0.2, 0.25) is 0 Å². The van der Waals surface area contributed by atoms with Crippen molar-refractivity contribution in [3.05, 3.63) is 29.8 Å². The summed E-state index contributed by atoms with van der Waals surface area (Å²) in [5, 5.41) is 9.07. The molecular weight excluding hydrogens is 188 g/mol. The second-order valence-electron chi connectivity index (χ2n) is 4.61. The summed E-state index contributed by atoms with van der Waals surface area (Å²) in [6.45, 7) is 6.76. The smallest absolute Gasteiger partial charge is 0.119 e. The van der Waals surface area contributed by atoms with Gasteiger partial charge in [-0.3, -0.25) is 0 Å². The van der Waals surface area contributed by atoms with Crippen molar-refractivity contribution in [3.63, 3.8) is 0 Å². The van der Waals surface area contributed by atoms with Crippen molar-refractivity contribution in [2.45, 2.75) is 27.2 Å². The van der Waals surface area contributed by atoms with Gasteiger partial charge in [-0.05, 0) is 24.1 Å². The van der Waals surface area contributed by atoms with E-state index in [0.29, 0.717) is 6.61 Å². The maximum atomic E-state index is 9.07. The van der Waals surface area contributed by atoms with Crippen LogP contribution < -0.4 is 4.74 Å². The molecule has 84 valence electrons. The summed E-state index contributed by atoms with van der Waals surface area (Å²) in [4.78, 5) is 0. The van der Waals surface area contributed by atoms with Crippen molar-refractivity contribution < 1.29 is 9.84 Å². The fourth-order valence-electron chi connectivity index (χ4n) is 1.15. The van der Waals surface area contributed by atoms with Gasteiger partial charge in [-0.1, -0.05) is 32.9 Å².